The Morgan fingerprint density at radius 3 is 2.14 bits per heavy atom. The number of carboxylic acids is 1. The van der Waals surface area contributed by atoms with Crippen molar-refractivity contribution in [3.63, 3.8) is 0 Å². The third kappa shape index (κ3) is 2.68. The maximum Gasteiger partial charge on any atom is 0.310 e. The molecule has 3 fully saturated rings. The molecular formula is C16H25NO4. The molecule has 2 saturated heterocycles. The van der Waals surface area contributed by atoms with Crippen LogP contribution in [0.3, 0.4) is 0 Å². The summed E-state index contributed by atoms with van der Waals surface area (Å²) < 4.78 is 0. The van der Waals surface area contributed by atoms with Crippen LogP contribution in [0, 0.1) is 5.41 Å². The molecule has 1 aliphatic carbocycles. The van der Waals surface area contributed by atoms with Gasteiger partial charge in [-0.3, -0.25) is 9.59 Å². The van der Waals surface area contributed by atoms with Gasteiger partial charge in [-0.1, -0.05) is 19.3 Å². The molecular weight excluding hydrogens is 270 g/mol. The molecule has 3 rings (SSSR count). The molecule has 0 radical (unpaired) electrons. The molecule has 1 saturated carbocycles. The monoisotopic (exact) mass is 295 g/mol. The van der Waals surface area contributed by atoms with Crippen LogP contribution < -0.4 is 0 Å². The number of hydrogen-bond acceptors (Lipinski definition) is 3. The van der Waals surface area contributed by atoms with Crippen molar-refractivity contribution in [2.45, 2.75) is 82.4 Å². The standard InChI is InChI=1S/C16H25NO4/c18-13-8-11-4-5-12(9-13)17(11)14(19)10-16(15(20)21)6-2-1-3-7-16/h11-13,18H,1-10H2,(H,20,21). The molecule has 118 valence electrons. The molecule has 0 aromatic heterocycles. The van der Waals surface area contributed by atoms with Crippen LogP contribution in [-0.2, 0) is 9.59 Å². The molecule has 2 N–H and O–H groups in total. The fraction of sp³-hybridized carbons (Fsp3) is 0.875. The summed E-state index contributed by atoms with van der Waals surface area (Å²) in [6.45, 7) is 0. The van der Waals surface area contributed by atoms with E-state index in [4.69, 9.17) is 0 Å². The number of aliphatic carboxylic acids is 1. The number of nitrogens with zero attached hydrogens (tertiary/aromatic N) is 1. The Morgan fingerprint density at radius 2 is 1.62 bits per heavy atom. The number of amides is 1. The summed E-state index contributed by atoms with van der Waals surface area (Å²) in [5.41, 5.74) is -0.842. The number of fused-ring (bicyclic) bond motifs is 2. The van der Waals surface area contributed by atoms with Crippen LogP contribution in [0.5, 0.6) is 0 Å². The van der Waals surface area contributed by atoms with Crippen molar-refractivity contribution in [3.8, 4) is 0 Å². The largest absolute Gasteiger partial charge is 0.481 e. The van der Waals surface area contributed by atoms with Crippen LogP contribution in [0.1, 0.15) is 64.2 Å². The first-order chi connectivity index (χ1) is 10.0. The van der Waals surface area contributed by atoms with Gasteiger partial charge in [0.05, 0.1) is 11.5 Å². The Bertz CT molecular complexity index is 416. The third-order valence-electron chi connectivity index (χ3n) is 5.75. The van der Waals surface area contributed by atoms with E-state index in [0.29, 0.717) is 25.7 Å². The summed E-state index contributed by atoms with van der Waals surface area (Å²) in [4.78, 5) is 26.3. The molecule has 3 aliphatic rings. The van der Waals surface area contributed by atoms with E-state index in [1.807, 2.05) is 4.90 Å². The molecule has 5 heteroatoms. The Balaban J connectivity index is 1.72. The number of carboxylic acid groups (broad SMARTS) is 1. The van der Waals surface area contributed by atoms with Crippen LogP contribution in [0.15, 0.2) is 0 Å². The number of carbonyl (C=O) groups excluding carboxylic acids is 1. The van der Waals surface area contributed by atoms with Crippen molar-refractivity contribution in [1.29, 1.82) is 0 Å². The molecule has 21 heavy (non-hydrogen) atoms. The van der Waals surface area contributed by atoms with Gasteiger partial charge in [0.25, 0.3) is 0 Å². The molecule has 5 nitrogen and oxygen atoms in total. The summed E-state index contributed by atoms with van der Waals surface area (Å²) in [6, 6.07) is 0.251. The van der Waals surface area contributed by atoms with Crippen molar-refractivity contribution in [3.05, 3.63) is 0 Å². The fourth-order valence-electron chi connectivity index (χ4n) is 4.63. The average Bonchev–Trinajstić information content (AvgIpc) is 2.72. The number of hydrogen-bond donors (Lipinski definition) is 2. The Kier molecular flexibility index (Phi) is 3.95. The predicted molar refractivity (Wildman–Crippen MR) is 76.7 cm³/mol. The summed E-state index contributed by atoms with van der Waals surface area (Å²) >= 11 is 0. The number of rotatable bonds is 3. The van der Waals surface area contributed by atoms with Gasteiger partial charge in [-0.05, 0) is 38.5 Å². The highest BCUT2D eigenvalue weighted by Gasteiger charge is 2.47. The molecule has 2 bridgehead atoms. The lowest BCUT2D eigenvalue weighted by Gasteiger charge is -2.40. The molecule has 2 atom stereocenters. The van der Waals surface area contributed by atoms with Gasteiger partial charge in [0.2, 0.25) is 5.91 Å². The van der Waals surface area contributed by atoms with Crippen LogP contribution in [-0.4, -0.2) is 45.2 Å². The minimum absolute atomic E-state index is 0.00120. The predicted octanol–water partition coefficient (Wildman–Crippen LogP) is 1.93. The van der Waals surface area contributed by atoms with Crippen molar-refractivity contribution < 1.29 is 19.8 Å². The highest BCUT2D eigenvalue weighted by atomic mass is 16.4. The normalized spacial score (nSPS) is 34.7. The molecule has 1 amide bonds. The van der Waals surface area contributed by atoms with Crippen molar-refractivity contribution in [1.82, 2.24) is 4.90 Å². The highest BCUT2D eigenvalue weighted by molar-refractivity contribution is 5.85. The Hall–Kier alpha value is -1.10. The zero-order valence-electron chi connectivity index (χ0n) is 12.5. The summed E-state index contributed by atoms with van der Waals surface area (Å²) in [5.74, 6) is -0.807. The number of piperidine rings is 1. The maximum atomic E-state index is 12.7. The second-order valence-corrected chi connectivity index (χ2v) is 7.13. The molecule has 2 heterocycles. The quantitative estimate of drug-likeness (QED) is 0.834. The number of aliphatic hydroxyl groups excluding tert-OH is 1. The highest BCUT2D eigenvalue weighted by Crippen LogP contribution is 2.42. The van der Waals surface area contributed by atoms with Crippen molar-refractivity contribution in [2.75, 3.05) is 0 Å². The Morgan fingerprint density at radius 1 is 1.05 bits per heavy atom. The Labute approximate surface area is 125 Å². The maximum absolute atomic E-state index is 12.7. The van der Waals surface area contributed by atoms with Crippen LogP contribution in [0.25, 0.3) is 0 Å². The first-order valence-electron chi connectivity index (χ1n) is 8.24. The van der Waals surface area contributed by atoms with Gasteiger partial charge in [-0.2, -0.15) is 0 Å². The average molecular weight is 295 g/mol. The van der Waals surface area contributed by atoms with Crippen LogP contribution in [0.2, 0.25) is 0 Å². The van der Waals surface area contributed by atoms with Crippen molar-refractivity contribution in [2.24, 2.45) is 5.41 Å². The van der Waals surface area contributed by atoms with Crippen LogP contribution >= 0.6 is 0 Å². The smallest absolute Gasteiger partial charge is 0.310 e. The van der Waals surface area contributed by atoms with Gasteiger partial charge < -0.3 is 15.1 Å². The molecule has 0 spiro atoms. The van der Waals surface area contributed by atoms with E-state index in [0.717, 1.165) is 32.1 Å². The van der Waals surface area contributed by atoms with E-state index >= 15 is 0 Å². The SMILES string of the molecule is O=C(CC1(C(=O)O)CCCCC1)N1C2CCC1CC(O)C2. The van der Waals surface area contributed by atoms with Gasteiger partial charge in [0.1, 0.15) is 0 Å². The van der Waals surface area contributed by atoms with Gasteiger partial charge >= 0.3 is 5.97 Å². The van der Waals surface area contributed by atoms with Gasteiger partial charge in [0, 0.05) is 18.5 Å². The second kappa shape index (κ2) is 5.59. The minimum Gasteiger partial charge on any atom is -0.481 e. The lowest BCUT2D eigenvalue weighted by molar-refractivity contribution is -0.157. The summed E-state index contributed by atoms with van der Waals surface area (Å²) in [5, 5.41) is 19.4. The number of carbonyl (C=O) groups is 2. The molecule has 0 aromatic rings. The van der Waals surface area contributed by atoms with Gasteiger partial charge in [-0.15, -0.1) is 0 Å². The lowest BCUT2D eigenvalue weighted by Crippen LogP contribution is -2.50. The topological polar surface area (TPSA) is 77.8 Å². The number of aliphatic hydroxyl groups is 1. The zero-order chi connectivity index (χ0) is 15.0. The van der Waals surface area contributed by atoms with E-state index in [1.54, 1.807) is 0 Å². The van der Waals surface area contributed by atoms with Crippen LogP contribution in [0.4, 0.5) is 0 Å². The molecule has 2 aliphatic heterocycles. The van der Waals surface area contributed by atoms with E-state index in [9.17, 15) is 19.8 Å². The van der Waals surface area contributed by atoms with Gasteiger partial charge in [0.15, 0.2) is 0 Å². The second-order valence-electron chi connectivity index (χ2n) is 7.13. The fourth-order valence-corrected chi connectivity index (χ4v) is 4.63. The van der Waals surface area contributed by atoms with E-state index in [2.05, 4.69) is 0 Å². The van der Waals surface area contributed by atoms with Crippen molar-refractivity contribution >= 4 is 11.9 Å². The first kappa shape index (κ1) is 14.8. The minimum atomic E-state index is -0.842. The summed E-state index contributed by atoms with van der Waals surface area (Å²) in [7, 11) is 0. The van der Waals surface area contributed by atoms with E-state index in [1.165, 1.54) is 0 Å². The first-order valence-corrected chi connectivity index (χ1v) is 8.24. The van der Waals surface area contributed by atoms with E-state index < -0.39 is 11.4 Å². The molecule has 2 unspecified atom stereocenters. The third-order valence-corrected chi connectivity index (χ3v) is 5.75. The van der Waals surface area contributed by atoms with E-state index in [-0.39, 0.29) is 30.5 Å². The lowest BCUT2D eigenvalue weighted by atomic mass is 9.71. The molecule has 0 aromatic carbocycles. The summed E-state index contributed by atoms with van der Waals surface area (Å²) in [6.07, 6.45) is 7.20. The zero-order valence-corrected chi connectivity index (χ0v) is 12.5. The van der Waals surface area contributed by atoms with Gasteiger partial charge in [-0.25, -0.2) is 0 Å².